The molecule has 9 heteroatoms. The lowest BCUT2D eigenvalue weighted by Crippen LogP contribution is -2.42. The second kappa shape index (κ2) is 7.20. The van der Waals surface area contributed by atoms with Gasteiger partial charge in [-0.3, -0.25) is 9.48 Å². The van der Waals surface area contributed by atoms with Gasteiger partial charge in [0.2, 0.25) is 15.9 Å². The Morgan fingerprint density at radius 1 is 1.38 bits per heavy atom. The third-order valence-corrected chi connectivity index (χ3v) is 5.27. The first kappa shape index (κ1) is 17.4. The van der Waals surface area contributed by atoms with Crippen LogP contribution in [0.3, 0.4) is 0 Å². The van der Waals surface area contributed by atoms with Crippen molar-refractivity contribution in [2.45, 2.75) is 25.9 Å². The molecule has 1 aromatic rings. The van der Waals surface area contributed by atoms with Crippen molar-refractivity contribution in [1.82, 2.24) is 19.4 Å². The number of hydrogen-bond acceptors (Lipinski definition) is 5. The van der Waals surface area contributed by atoms with Crippen LogP contribution in [-0.2, 0) is 32.6 Å². The van der Waals surface area contributed by atoms with Crippen molar-refractivity contribution < 1.29 is 17.9 Å². The number of ether oxygens (including phenoxy) is 1. The normalized spacial score (nSPS) is 22.9. The van der Waals surface area contributed by atoms with E-state index in [1.165, 1.54) is 0 Å². The zero-order valence-corrected chi connectivity index (χ0v) is 14.7. The van der Waals surface area contributed by atoms with Crippen LogP contribution in [0.1, 0.15) is 18.5 Å². The summed E-state index contributed by atoms with van der Waals surface area (Å²) < 4.78 is 32.5. The predicted molar refractivity (Wildman–Crippen MR) is 87.5 cm³/mol. The Morgan fingerprint density at radius 3 is 2.83 bits per heavy atom. The molecule has 0 saturated carbocycles. The van der Waals surface area contributed by atoms with Gasteiger partial charge in [-0.15, -0.1) is 0 Å². The van der Waals surface area contributed by atoms with Crippen molar-refractivity contribution in [3.63, 3.8) is 0 Å². The lowest BCUT2D eigenvalue weighted by molar-refractivity contribution is -0.139. The Morgan fingerprint density at radius 2 is 2.12 bits per heavy atom. The fourth-order valence-electron chi connectivity index (χ4n) is 3.30. The average Bonchev–Trinajstić information content (AvgIpc) is 2.90. The third kappa shape index (κ3) is 4.34. The van der Waals surface area contributed by atoms with Crippen molar-refractivity contribution >= 4 is 15.9 Å². The number of carbonyl (C=O) groups is 1. The lowest BCUT2D eigenvalue weighted by atomic mass is 9.98. The SMILES string of the molecule is CS(=O)(=O)NC[C@H]1CN(C(=O)C2CCOCC2)Cc2ccnn2C1. The number of hydrogen-bond donors (Lipinski definition) is 1. The molecule has 8 nitrogen and oxygen atoms in total. The molecule has 24 heavy (non-hydrogen) atoms. The topological polar surface area (TPSA) is 93.5 Å². The number of nitrogens with zero attached hydrogens (tertiary/aromatic N) is 3. The van der Waals surface area contributed by atoms with Gasteiger partial charge in [0.25, 0.3) is 0 Å². The molecule has 0 spiro atoms. The average molecular weight is 356 g/mol. The van der Waals surface area contributed by atoms with Gasteiger partial charge < -0.3 is 9.64 Å². The van der Waals surface area contributed by atoms with Gasteiger partial charge in [-0.1, -0.05) is 0 Å². The molecule has 1 N–H and O–H groups in total. The molecule has 1 saturated heterocycles. The molecule has 1 fully saturated rings. The highest BCUT2D eigenvalue weighted by Crippen LogP contribution is 2.22. The molecule has 1 amide bonds. The minimum absolute atomic E-state index is 0.00302. The molecule has 1 atom stereocenters. The zero-order chi connectivity index (χ0) is 17.2. The van der Waals surface area contributed by atoms with Crippen LogP contribution in [0.15, 0.2) is 12.3 Å². The Kier molecular flexibility index (Phi) is 5.21. The molecule has 0 bridgehead atoms. The van der Waals surface area contributed by atoms with Crippen molar-refractivity contribution in [3.8, 4) is 0 Å². The minimum Gasteiger partial charge on any atom is -0.381 e. The molecule has 2 aliphatic rings. The smallest absolute Gasteiger partial charge is 0.226 e. The first-order chi connectivity index (χ1) is 11.4. The van der Waals surface area contributed by atoms with Gasteiger partial charge in [0.15, 0.2) is 0 Å². The Hall–Kier alpha value is -1.45. The van der Waals surface area contributed by atoms with Crippen LogP contribution >= 0.6 is 0 Å². The maximum Gasteiger partial charge on any atom is 0.226 e. The van der Waals surface area contributed by atoms with Crippen LogP contribution < -0.4 is 4.72 Å². The maximum atomic E-state index is 12.9. The molecule has 2 aliphatic heterocycles. The molecule has 0 aliphatic carbocycles. The minimum atomic E-state index is -3.26. The van der Waals surface area contributed by atoms with Crippen LogP contribution in [0.4, 0.5) is 0 Å². The van der Waals surface area contributed by atoms with Gasteiger partial charge in [-0.05, 0) is 18.9 Å². The van der Waals surface area contributed by atoms with Crippen LogP contribution in [-0.4, -0.2) is 61.6 Å². The van der Waals surface area contributed by atoms with E-state index in [2.05, 4.69) is 9.82 Å². The van der Waals surface area contributed by atoms with Gasteiger partial charge in [0.1, 0.15) is 0 Å². The Labute approximate surface area is 142 Å². The number of rotatable bonds is 4. The second-order valence-corrected chi connectivity index (χ2v) is 8.43. The summed E-state index contributed by atoms with van der Waals surface area (Å²) in [6.07, 6.45) is 4.37. The summed E-state index contributed by atoms with van der Waals surface area (Å²) in [5.41, 5.74) is 0.984. The summed E-state index contributed by atoms with van der Waals surface area (Å²) in [4.78, 5) is 14.7. The van der Waals surface area contributed by atoms with Crippen molar-refractivity contribution in [2.75, 3.05) is 32.6 Å². The highest BCUT2D eigenvalue weighted by atomic mass is 32.2. The van der Waals surface area contributed by atoms with E-state index in [-0.39, 0.29) is 17.7 Å². The van der Waals surface area contributed by atoms with E-state index in [1.807, 2.05) is 15.6 Å². The van der Waals surface area contributed by atoms with Crippen LogP contribution in [0.2, 0.25) is 0 Å². The summed E-state index contributed by atoms with van der Waals surface area (Å²) in [6.45, 7) is 3.20. The lowest BCUT2D eigenvalue weighted by Gasteiger charge is -2.30. The molecule has 0 unspecified atom stereocenters. The zero-order valence-electron chi connectivity index (χ0n) is 13.8. The van der Waals surface area contributed by atoms with Crippen LogP contribution in [0, 0.1) is 11.8 Å². The molecule has 1 aromatic heterocycles. The van der Waals surface area contributed by atoms with E-state index in [1.54, 1.807) is 6.20 Å². The molecular weight excluding hydrogens is 332 g/mol. The molecule has 0 aromatic carbocycles. The second-order valence-electron chi connectivity index (χ2n) is 6.60. The highest BCUT2D eigenvalue weighted by molar-refractivity contribution is 7.88. The molecular formula is C15H24N4O4S. The molecule has 0 radical (unpaired) electrons. The van der Waals surface area contributed by atoms with E-state index in [0.29, 0.717) is 39.4 Å². The summed E-state index contributed by atoms with van der Waals surface area (Å²) in [5.74, 6) is 0.124. The first-order valence-corrected chi connectivity index (χ1v) is 10.1. The van der Waals surface area contributed by atoms with Gasteiger partial charge in [0, 0.05) is 50.9 Å². The van der Waals surface area contributed by atoms with Crippen molar-refractivity contribution in [1.29, 1.82) is 0 Å². The van der Waals surface area contributed by atoms with Crippen molar-refractivity contribution in [3.05, 3.63) is 18.0 Å². The number of aromatic nitrogens is 2. The molecule has 3 rings (SSSR count). The van der Waals surface area contributed by atoms with Crippen molar-refractivity contribution in [2.24, 2.45) is 11.8 Å². The number of sulfonamides is 1. The summed E-state index contributed by atoms with van der Waals surface area (Å²) in [5, 5.41) is 4.30. The van der Waals surface area contributed by atoms with E-state index in [0.717, 1.165) is 24.8 Å². The molecule has 3 heterocycles. The highest BCUT2D eigenvalue weighted by Gasteiger charge is 2.31. The first-order valence-electron chi connectivity index (χ1n) is 8.24. The number of amides is 1. The van der Waals surface area contributed by atoms with Crippen LogP contribution in [0.5, 0.6) is 0 Å². The van der Waals surface area contributed by atoms with E-state index >= 15 is 0 Å². The van der Waals surface area contributed by atoms with Gasteiger partial charge in [-0.2, -0.15) is 5.10 Å². The monoisotopic (exact) mass is 356 g/mol. The van der Waals surface area contributed by atoms with E-state index < -0.39 is 10.0 Å². The third-order valence-electron chi connectivity index (χ3n) is 4.58. The fraction of sp³-hybridized carbons (Fsp3) is 0.733. The number of carbonyl (C=O) groups excluding carboxylic acids is 1. The van der Waals surface area contributed by atoms with Crippen LogP contribution in [0.25, 0.3) is 0 Å². The van der Waals surface area contributed by atoms with Gasteiger partial charge in [0.05, 0.1) is 18.5 Å². The maximum absolute atomic E-state index is 12.9. The summed E-state index contributed by atoms with van der Waals surface area (Å²) >= 11 is 0. The summed E-state index contributed by atoms with van der Waals surface area (Å²) in [6, 6.07) is 1.91. The number of fused-ring (bicyclic) bond motifs is 1. The van der Waals surface area contributed by atoms with Gasteiger partial charge >= 0.3 is 0 Å². The number of nitrogens with one attached hydrogen (secondary N) is 1. The van der Waals surface area contributed by atoms with E-state index in [9.17, 15) is 13.2 Å². The standard InChI is InChI=1S/C15H24N4O4S/c1-24(21,22)17-8-12-9-18(11-14-2-5-16-19(14)10-12)15(20)13-3-6-23-7-4-13/h2,5,12-13,17H,3-4,6-11H2,1H3/t12-/m0/s1. The predicted octanol–water partition coefficient (Wildman–Crippen LogP) is -0.183. The van der Waals surface area contributed by atoms with Gasteiger partial charge in [-0.25, -0.2) is 13.1 Å². The Bertz CT molecular complexity index is 681. The fourth-order valence-corrected chi connectivity index (χ4v) is 3.84. The Balaban J connectivity index is 1.74. The summed E-state index contributed by atoms with van der Waals surface area (Å²) in [7, 11) is -3.26. The molecule has 134 valence electrons. The largest absolute Gasteiger partial charge is 0.381 e. The van der Waals surface area contributed by atoms with E-state index in [4.69, 9.17) is 4.74 Å². The quantitative estimate of drug-likeness (QED) is 0.808.